The molecule has 23 heavy (non-hydrogen) atoms. The normalized spacial score (nSPS) is 10.7. The lowest BCUT2D eigenvalue weighted by Gasteiger charge is -2.08. The summed E-state index contributed by atoms with van der Waals surface area (Å²) in [5.74, 6) is -0.672. The fourth-order valence-electron chi connectivity index (χ4n) is 1.91. The monoisotopic (exact) mass is 387 g/mol. The van der Waals surface area contributed by atoms with Gasteiger partial charge >= 0.3 is 6.61 Å². The molecule has 0 saturated heterocycles. The molecule has 0 fully saturated rings. The third-order valence-electron chi connectivity index (χ3n) is 3.00. The smallest absolute Gasteiger partial charge is 0.387 e. The highest BCUT2D eigenvalue weighted by Gasteiger charge is 2.08. The Labute approximate surface area is 139 Å². The molecule has 0 aromatic heterocycles. The van der Waals surface area contributed by atoms with Gasteiger partial charge in [-0.2, -0.15) is 8.78 Å². The van der Waals surface area contributed by atoms with Gasteiger partial charge in [0.2, 0.25) is 5.91 Å². The third kappa shape index (κ3) is 5.59. The lowest BCUT2D eigenvalue weighted by atomic mass is 10.1. The van der Waals surface area contributed by atoms with Gasteiger partial charge in [-0.1, -0.05) is 28.1 Å². The number of ether oxygens (including phenoxy) is 1. The summed E-state index contributed by atoms with van der Waals surface area (Å²) >= 11 is 3.24. The molecule has 7 heteroatoms. The Morgan fingerprint density at radius 2 is 1.87 bits per heavy atom. The Bertz CT molecular complexity index is 678. The van der Waals surface area contributed by atoms with Crippen LogP contribution in [0.3, 0.4) is 0 Å². The molecule has 2 aromatic carbocycles. The summed E-state index contributed by atoms with van der Waals surface area (Å²) in [6, 6.07) is 10.3. The van der Waals surface area contributed by atoms with Crippen molar-refractivity contribution < 1.29 is 22.7 Å². The first kappa shape index (κ1) is 17.3. The standard InChI is InChI=1S/C16H13BrF3NO2/c17-12-3-6-14(18)11(8-12)9-21-15(22)7-10-1-4-13(5-2-10)23-16(19)20/h1-6,8,16H,7,9H2,(H,21,22). The van der Waals surface area contributed by atoms with Crippen molar-refractivity contribution in [3.8, 4) is 5.75 Å². The van der Waals surface area contributed by atoms with Gasteiger partial charge in [0.15, 0.2) is 0 Å². The predicted octanol–water partition coefficient (Wildman–Crippen LogP) is 4.05. The Kier molecular flexibility index (Phi) is 6.04. The summed E-state index contributed by atoms with van der Waals surface area (Å²) < 4.78 is 42.6. The molecule has 0 saturated carbocycles. The van der Waals surface area contributed by atoms with Gasteiger partial charge in [-0.05, 0) is 35.9 Å². The summed E-state index contributed by atoms with van der Waals surface area (Å²) in [7, 11) is 0. The molecule has 2 aromatic rings. The van der Waals surface area contributed by atoms with E-state index in [1.807, 2.05) is 0 Å². The van der Waals surface area contributed by atoms with Crippen LogP contribution in [0.25, 0.3) is 0 Å². The van der Waals surface area contributed by atoms with E-state index in [2.05, 4.69) is 26.0 Å². The number of hydrogen-bond acceptors (Lipinski definition) is 2. The molecule has 1 amide bonds. The van der Waals surface area contributed by atoms with E-state index in [-0.39, 0.29) is 24.6 Å². The molecule has 0 radical (unpaired) electrons. The fourth-order valence-corrected chi connectivity index (χ4v) is 2.32. The van der Waals surface area contributed by atoms with E-state index >= 15 is 0 Å². The Hall–Kier alpha value is -2.02. The van der Waals surface area contributed by atoms with Gasteiger partial charge < -0.3 is 10.1 Å². The average Bonchev–Trinajstić information content (AvgIpc) is 2.50. The average molecular weight is 388 g/mol. The van der Waals surface area contributed by atoms with Crippen molar-refractivity contribution in [1.29, 1.82) is 0 Å². The predicted molar refractivity (Wildman–Crippen MR) is 82.7 cm³/mol. The second-order valence-electron chi connectivity index (χ2n) is 4.71. The highest BCUT2D eigenvalue weighted by atomic mass is 79.9. The number of carbonyl (C=O) groups is 1. The zero-order chi connectivity index (χ0) is 16.8. The van der Waals surface area contributed by atoms with Crippen molar-refractivity contribution in [3.05, 3.63) is 63.9 Å². The summed E-state index contributed by atoms with van der Waals surface area (Å²) in [6.07, 6.45) is 0.0601. The van der Waals surface area contributed by atoms with Gasteiger partial charge in [-0.25, -0.2) is 4.39 Å². The Balaban J connectivity index is 1.88. The first-order valence-electron chi connectivity index (χ1n) is 6.68. The maximum absolute atomic E-state index is 13.5. The van der Waals surface area contributed by atoms with Crippen LogP contribution in [0.1, 0.15) is 11.1 Å². The fraction of sp³-hybridized carbons (Fsp3) is 0.188. The van der Waals surface area contributed by atoms with Crippen LogP contribution in [0.5, 0.6) is 5.75 Å². The van der Waals surface area contributed by atoms with Crippen LogP contribution < -0.4 is 10.1 Å². The quantitative estimate of drug-likeness (QED) is 0.811. The summed E-state index contributed by atoms with van der Waals surface area (Å²) in [6.45, 7) is -2.82. The molecule has 2 rings (SSSR count). The number of rotatable bonds is 6. The molecule has 0 unspecified atom stereocenters. The lowest BCUT2D eigenvalue weighted by molar-refractivity contribution is -0.120. The minimum Gasteiger partial charge on any atom is -0.435 e. The van der Waals surface area contributed by atoms with Gasteiger partial charge in [-0.15, -0.1) is 0 Å². The third-order valence-corrected chi connectivity index (χ3v) is 3.49. The van der Waals surface area contributed by atoms with Gasteiger partial charge in [0.1, 0.15) is 11.6 Å². The van der Waals surface area contributed by atoms with E-state index in [1.165, 1.54) is 30.3 Å². The van der Waals surface area contributed by atoms with Crippen molar-refractivity contribution in [2.75, 3.05) is 0 Å². The van der Waals surface area contributed by atoms with Crippen molar-refractivity contribution in [2.24, 2.45) is 0 Å². The number of hydrogen-bond donors (Lipinski definition) is 1. The van der Waals surface area contributed by atoms with Gasteiger partial charge in [0.05, 0.1) is 6.42 Å². The first-order valence-corrected chi connectivity index (χ1v) is 7.47. The Morgan fingerprint density at radius 1 is 1.17 bits per heavy atom. The highest BCUT2D eigenvalue weighted by molar-refractivity contribution is 9.10. The van der Waals surface area contributed by atoms with Crippen LogP contribution >= 0.6 is 15.9 Å². The zero-order valence-corrected chi connectivity index (χ0v) is 13.4. The van der Waals surface area contributed by atoms with Crippen LogP contribution in [-0.4, -0.2) is 12.5 Å². The van der Waals surface area contributed by atoms with E-state index in [0.29, 0.717) is 11.1 Å². The maximum atomic E-state index is 13.5. The molecule has 3 nitrogen and oxygen atoms in total. The molecular formula is C16H13BrF3NO2. The van der Waals surface area contributed by atoms with Gasteiger partial charge in [-0.3, -0.25) is 4.79 Å². The number of alkyl halides is 2. The van der Waals surface area contributed by atoms with E-state index in [9.17, 15) is 18.0 Å². The van der Waals surface area contributed by atoms with Crippen molar-refractivity contribution in [2.45, 2.75) is 19.6 Å². The van der Waals surface area contributed by atoms with Crippen molar-refractivity contribution >= 4 is 21.8 Å². The zero-order valence-electron chi connectivity index (χ0n) is 11.9. The number of halogens is 4. The maximum Gasteiger partial charge on any atom is 0.387 e. The van der Waals surface area contributed by atoms with E-state index in [4.69, 9.17) is 0 Å². The summed E-state index contributed by atoms with van der Waals surface area (Å²) in [4.78, 5) is 11.8. The highest BCUT2D eigenvalue weighted by Crippen LogP contribution is 2.16. The molecule has 0 atom stereocenters. The molecule has 0 spiro atoms. The van der Waals surface area contributed by atoms with E-state index < -0.39 is 12.4 Å². The lowest BCUT2D eigenvalue weighted by Crippen LogP contribution is -2.25. The van der Waals surface area contributed by atoms with Crippen molar-refractivity contribution in [1.82, 2.24) is 5.32 Å². The molecule has 0 aliphatic carbocycles. The number of nitrogens with one attached hydrogen (secondary N) is 1. The van der Waals surface area contributed by atoms with Crippen LogP contribution in [-0.2, 0) is 17.8 Å². The molecule has 0 aliphatic heterocycles. The van der Waals surface area contributed by atoms with Crippen LogP contribution in [0.4, 0.5) is 13.2 Å². The first-order chi connectivity index (χ1) is 10.9. The van der Waals surface area contributed by atoms with Crippen LogP contribution in [0, 0.1) is 5.82 Å². The molecule has 0 bridgehead atoms. The summed E-state index contributed by atoms with van der Waals surface area (Å²) in [5, 5.41) is 2.61. The largest absolute Gasteiger partial charge is 0.435 e. The number of carbonyl (C=O) groups excluding carboxylic acids is 1. The number of amides is 1. The molecule has 122 valence electrons. The topological polar surface area (TPSA) is 38.3 Å². The number of benzene rings is 2. The van der Waals surface area contributed by atoms with Crippen LogP contribution in [0.15, 0.2) is 46.9 Å². The van der Waals surface area contributed by atoms with E-state index in [0.717, 1.165) is 4.47 Å². The Morgan fingerprint density at radius 3 is 2.52 bits per heavy atom. The molecule has 0 heterocycles. The SMILES string of the molecule is O=C(Cc1ccc(OC(F)F)cc1)NCc1cc(Br)ccc1F. The van der Waals surface area contributed by atoms with E-state index in [1.54, 1.807) is 12.1 Å². The minimum absolute atomic E-state index is 0.0281. The second kappa shape index (κ2) is 8.01. The molecular weight excluding hydrogens is 375 g/mol. The molecule has 1 N–H and O–H groups in total. The van der Waals surface area contributed by atoms with Gasteiger partial charge in [0.25, 0.3) is 0 Å². The van der Waals surface area contributed by atoms with Crippen molar-refractivity contribution in [3.63, 3.8) is 0 Å². The molecule has 0 aliphatic rings. The minimum atomic E-state index is -2.88. The van der Waals surface area contributed by atoms with Crippen LogP contribution in [0.2, 0.25) is 0 Å². The van der Waals surface area contributed by atoms with Gasteiger partial charge in [0, 0.05) is 16.6 Å². The second-order valence-corrected chi connectivity index (χ2v) is 5.63. The summed E-state index contributed by atoms with van der Waals surface area (Å²) in [5.41, 5.74) is 1.01.